The molecule has 1 amide bonds. The molecular formula is C39H46N2O10. The molecule has 8 atom stereocenters. The summed E-state index contributed by atoms with van der Waals surface area (Å²) in [5.74, 6) is 2.07. The molecule has 4 spiro atoms. The molecule has 4 bridgehead atoms. The molecule has 10 aliphatic rings. The van der Waals surface area contributed by atoms with Crippen LogP contribution in [0, 0.1) is 11.8 Å². The maximum Gasteiger partial charge on any atom is 0.409 e. The van der Waals surface area contributed by atoms with Crippen LogP contribution in [0.1, 0.15) is 60.8 Å². The zero-order chi connectivity index (χ0) is 34.3. The van der Waals surface area contributed by atoms with Crippen LogP contribution in [0.5, 0.6) is 23.0 Å². The van der Waals surface area contributed by atoms with Crippen molar-refractivity contribution in [3.05, 3.63) is 46.5 Å². The second kappa shape index (κ2) is 10.7. The maximum absolute atomic E-state index is 12.5. The first kappa shape index (κ1) is 31.3. The van der Waals surface area contributed by atoms with Crippen LogP contribution in [0.15, 0.2) is 24.3 Å². The Labute approximate surface area is 296 Å². The summed E-state index contributed by atoms with van der Waals surface area (Å²) in [4.78, 5) is 14.4. The summed E-state index contributed by atoms with van der Waals surface area (Å²) < 4.78 is 48.5. The Bertz CT molecular complexity index is 1810. The van der Waals surface area contributed by atoms with E-state index in [1.165, 1.54) is 29.4 Å². The average molecular weight is 703 g/mol. The first-order chi connectivity index (χ1) is 24.9. The Hall–Kier alpha value is -3.29. The third-order valence-corrected chi connectivity index (χ3v) is 14.6. The van der Waals surface area contributed by atoms with Crippen molar-refractivity contribution in [3.63, 3.8) is 0 Å². The number of fused-ring (bicyclic) bond motifs is 2. The predicted octanol–water partition coefficient (Wildman–Crippen LogP) is 3.71. The summed E-state index contributed by atoms with van der Waals surface area (Å²) >= 11 is 0. The van der Waals surface area contributed by atoms with Crippen LogP contribution >= 0.6 is 0 Å². The number of ether oxygens (including phenoxy) is 8. The second-order valence-electron chi connectivity index (χ2n) is 16.2. The molecule has 6 fully saturated rings. The minimum absolute atomic E-state index is 0.0693. The molecule has 4 aliphatic carbocycles. The van der Waals surface area contributed by atoms with Crippen LogP contribution in [0.4, 0.5) is 4.79 Å². The lowest BCUT2D eigenvalue weighted by atomic mass is 9.50. The predicted molar refractivity (Wildman–Crippen MR) is 179 cm³/mol. The van der Waals surface area contributed by atoms with Gasteiger partial charge >= 0.3 is 6.09 Å². The number of benzene rings is 2. The van der Waals surface area contributed by atoms with Gasteiger partial charge < -0.3 is 53.2 Å². The largest absolute Gasteiger partial charge is 0.504 e. The van der Waals surface area contributed by atoms with Crippen LogP contribution in [-0.2, 0) is 47.4 Å². The number of hydrogen-bond donors (Lipinski definition) is 2. The zero-order valence-corrected chi connectivity index (χ0v) is 29.2. The number of rotatable bonds is 1. The van der Waals surface area contributed by atoms with E-state index in [2.05, 4.69) is 17.4 Å². The van der Waals surface area contributed by atoms with Gasteiger partial charge in [0.15, 0.2) is 35.2 Å². The number of nitrogens with one attached hydrogen (secondary N) is 1. The Balaban J connectivity index is 0.000000124. The Morgan fingerprint density at radius 2 is 1.43 bits per heavy atom. The highest BCUT2D eigenvalue weighted by Gasteiger charge is 2.73. The van der Waals surface area contributed by atoms with E-state index in [1.54, 1.807) is 13.2 Å². The Morgan fingerprint density at radius 3 is 2.14 bits per heavy atom. The first-order valence-electron chi connectivity index (χ1n) is 18.9. The van der Waals surface area contributed by atoms with Crippen molar-refractivity contribution in [1.82, 2.24) is 10.2 Å². The standard InChI is InChI=1S/C21H25NO6.C18H21NO4/c1-24-15-4-3-12-11-14-13-5-6-21(26-9-10-27-21)18-20(13,16(12)17(15)28-18)7-8-22(14)19(23)25-2;20-13-2-1-10-9-12-11-3-4-18(21-7-8-22-18)16-17(11,5-6-19-12)14(10)15(13)23-16/h3-4,13-14,18H,5-11H2,1-2H3;1-2,11-12,16,19-20H,3-9H2/t13?,14?,18?,20-;11?,12?,16?,17-/m00/s1. The first-order valence-corrected chi connectivity index (χ1v) is 18.9. The number of aromatic hydroxyl groups is 1. The SMILES string of the molecule is COC(=O)N1CC[C@]23c4c5ccc(OC)c4OC2C2(CCC3C1C5)OCCO2.Oc1ccc2c3c1OC1C4(CCC5C(C2)NCC[C@@]351)OCCO4. The van der Waals surface area contributed by atoms with Crippen LogP contribution in [0.2, 0.25) is 0 Å². The van der Waals surface area contributed by atoms with Crippen LogP contribution < -0.4 is 19.5 Å². The molecule has 2 aromatic rings. The van der Waals surface area contributed by atoms with Crippen molar-refractivity contribution in [2.45, 2.75) is 98.1 Å². The van der Waals surface area contributed by atoms with Gasteiger partial charge in [-0.3, -0.25) is 0 Å². The monoisotopic (exact) mass is 702 g/mol. The van der Waals surface area contributed by atoms with Gasteiger partial charge in [0.05, 0.1) is 40.6 Å². The number of nitrogens with zero attached hydrogens (tertiary/aromatic N) is 1. The number of piperidine rings is 2. The maximum atomic E-state index is 12.5. The van der Waals surface area contributed by atoms with Crippen molar-refractivity contribution in [2.24, 2.45) is 11.8 Å². The molecule has 2 saturated carbocycles. The Kier molecular flexibility index (Phi) is 6.53. The van der Waals surface area contributed by atoms with Gasteiger partial charge in [-0.25, -0.2) is 4.79 Å². The van der Waals surface area contributed by atoms with Crippen molar-refractivity contribution < 1.29 is 47.8 Å². The fourth-order valence-electron chi connectivity index (χ4n) is 13.0. The molecule has 4 saturated heterocycles. The van der Waals surface area contributed by atoms with Gasteiger partial charge in [0.25, 0.3) is 0 Å². The van der Waals surface area contributed by atoms with E-state index < -0.39 is 11.6 Å². The molecule has 272 valence electrons. The molecule has 0 aromatic heterocycles. The molecule has 12 heteroatoms. The second-order valence-corrected chi connectivity index (χ2v) is 16.2. The zero-order valence-electron chi connectivity index (χ0n) is 29.2. The van der Waals surface area contributed by atoms with E-state index in [0.29, 0.717) is 56.6 Å². The Morgan fingerprint density at radius 1 is 0.804 bits per heavy atom. The van der Waals surface area contributed by atoms with E-state index in [4.69, 9.17) is 37.9 Å². The number of methoxy groups -OCH3 is 2. The molecule has 6 aliphatic heterocycles. The van der Waals surface area contributed by atoms with Gasteiger partial charge in [-0.1, -0.05) is 12.1 Å². The minimum Gasteiger partial charge on any atom is -0.504 e. The van der Waals surface area contributed by atoms with Crippen molar-refractivity contribution in [1.29, 1.82) is 0 Å². The highest BCUT2D eigenvalue weighted by atomic mass is 16.8. The van der Waals surface area contributed by atoms with Gasteiger partial charge in [0.1, 0.15) is 0 Å². The number of hydrogen-bond acceptors (Lipinski definition) is 11. The minimum atomic E-state index is -0.701. The van der Waals surface area contributed by atoms with Gasteiger partial charge in [-0.15, -0.1) is 0 Å². The highest BCUT2D eigenvalue weighted by Crippen LogP contribution is 2.68. The molecule has 0 radical (unpaired) electrons. The normalized spacial score (nSPS) is 38.6. The molecule has 2 N–H and O–H groups in total. The average Bonchev–Trinajstić information content (AvgIpc) is 3.95. The van der Waals surface area contributed by atoms with Gasteiger partial charge in [0.2, 0.25) is 11.6 Å². The molecule has 51 heavy (non-hydrogen) atoms. The van der Waals surface area contributed by atoms with Gasteiger partial charge in [-0.05, 0) is 80.2 Å². The number of likely N-dealkylation sites (tertiary alicyclic amines) is 1. The van der Waals surface area contributed by atoms with E-state index in [0.717, 1.165) is 69.4 Å². The van der Waals surface area contributed by atoms with Crippen LogP contribution in [0.3, 0.4) is 0 Å². The van der Waals surface area contributed by atoms with Crippen molar-refractivity contribution in [2.75, 3.05) is 53.7 Å². The van der Waals surface area contributed by atoms with E-state index in [1.807, 2.05) is 11.0 Å². The molecule has 6 unspecified atom stereocenters. The molecular weight excluding hydrogens is 656 g/mol. The number of phenols is 1. The van der Waals surface area contributed by atoms with Crippen LogP contribution in [0.25, 0.3) is 0 Å². The summed E-state index contributed by atoms with van der Waals surface area (Å²) in [5, 5.41) is 14.1. The number of amides is 1. The number of phenolic OH excluding ortho intramolecular Hbond substituents is 1. The summed E-state index contributed by atoms with van der Waals surface area (Å²) in [6, 6.07) is 8.57. The van der Waals surface area contributed by atoms with Crippen molar-refractivity contribution >= 4 is 6.09 Å². The smallest absolute Gasteiger partial charge is 0.409 e. The molecule has 2 aromatic carbocycles. The van der Waals surface area contributed by atoms with E-state index in [9.17, 15) is 9.90 Å². The fourth-order valence-corrected chi connectivity index (χ4v) is 13.0. The van der Waals surface area contributed by atoms with Crippen LogP contribution in [-0.4, -0.2) is 106 Å². The lowest BCUT2D eigenvalue weighted by Crippen LogP contribution is -2.70. The third kappa shape index (κ3) is 3.75. The topological polar surface area (TPSA) is 126 Å². The quantitative estimate of drug-likeness (QED) is 0.452. The number of carbonyl (C=O) groups excluding carboxylic acids is 1. The molecule has 12 nitrogen and oxygen atoms in total. The summed E-state index contributed by atoms with van der Waals surface area (Å²) in [6.07, 6.45) is 6.79. The highest BCUT2D eigenvalue weighted by molar-refractivity contribution is 5.70. The lowest BCUT2D eigenvalue weighted by Gasteiger charge is -2.60. The summed E-state index contributed by atoms with van der Waals surface area (Å²) in [6.45, 7) is 4.11. The lowest BCUT2D eigenvalue weighted by molar-refractivity contribution is -0.260. The molecule has 6 heterocycles. The third-order valence-electron chi connectivity index (χ3n) is 14.6. The van der Waals surface area contributed by atoms with E-state index >= 15 is 0 Å². The summed E-state index contributed by atoms with van der Waals surface area (Å²) in [5.41, 5.74) is 4.80. The summed E-state index contributed by atoms with van der Waals surface area (Å²) in [7, 11) is 3.15. The van der Waals surface area contributed by atoms with Crippen molar-refractivity contribution in [3.8, 4) is 23.0 Å². The van der Waals surface area contributed by atoms with E-state index in [-0.39, 0.29) is 40.9 Å². The fraction of sp³-hybridized carbons (Fsp3) is 0.667. The van der Waals surface area contributed by atoms with Gasteiger partial charge in [0, 0.05) is 53.4 Å². The molecule has 12 rings (SSSR count). The number of carbonyl (C=O) groups is 1. The van der Waals surface area contributed by atoms with Gasteiger partial charge in [-0.2, -0.15) is 0 Å².